The Balaban J connectivity index is 2.80. The maximum Gasteiger partial charge on any atom is 0.471 e. The highest BCUT2D eigenvalue weighted by molar-refractivity contribution is 7.46. The van der Waals surface area contributed by atoms with E-state index in [0.717, 1.165) is 0 Å². The highest BCUT2D eigenvalue weighted by Gasteiger charge is 2.44. The Bertz CT molecular complexity index is 381. The highest BCUT2D eigenvalue weighted by Crippen LogP contribution is 2.42. The quantitative estimate of drug-likeness (QED) is 0.233. The molecule has 1 rings (SSSR count). The normalized spacial score (nSPS) is 37.1. The molecule has 1 aliphatic heterocycles. The zero-order chi connectivity index (χ0) is 13.9. The molecule has 0 bridgehead atoms. The standard InChI is InChI=1S/C7H14N3O7P/c1-3-5(11)6(12)4(2-9-10-8)16-7(3)17-18(13,14)15/h3-7,11-12H,2H2,1H3,(H2,13,14,15). The van der Waals surface area contributed by atoms with Crippen LogP contribution in [-0.2, 0) is 13.8 Å². The summed E-state index contributed by atoms with van der Waals surface area (Å²) in [5, 5.41) is 22.5. The van der Waals surface area contributed by atoms with Crippen molar-refractivity contribution < 1.29 is 33.8 Å². The van der Waals surface area contributed by atoms with Crippen LogP contribution in [0.4, 0.5) is 0 Å². The number of hydrogen-bond donors (Lipinski definition) is 4. The Hall–Kier alpha value is -0.700. The molecule has 1 aliphatic rings. The van der Waals surface area contributed by atoms with E-state index in [1.54, 1.807) is 0 Å². The first-order valence-electron chi connectivity index (χ1n) is 5.02. The predicted molar refractivity (Wildman–Crippen MR) is 57.0 cm³/mol. The molecule has 1 fully saturated rings. The van der Waals surface area contributed by atoms with Gasteiger partial charge in [-0.25, -0.2) is 4.57 Å². The van der Waals surface area contributed by atoms with Crippen molar-refractivity contribution in [1.82, 2.24) is 0 Å². The molecule has 0 amide bonds. The third kappa shape index (κ3) is 3.91. The van der Waals surface area contributed by atoms with E-state index in [2.05, 4.69) is 14.5 Å². The van der Waals surface area contributed by atoms with Crippen LogP contribution < -0.4 is 0 Å². The molecular formula is C7H14N3O7P. The summed E-state index contributed by atoms with van der Waals surface area (Å²) in [6.07, 6.45) is -5.14. The number of azide groups is 1. The van der Waals surface area contributed by atoms with Gasteiger partial charge >= 0.3 is 7.82 Å². The first kappa shape index (κ1) is 15.4. The molecule has 5 atom stereocenters. The number of ether oxygens (including phenoxy) is 1. The second kappa shape index (κ2) is 5.96. The smallest absolute Gasteiger partial charge is 0.390 e. The van der Waals surface area contributed by atoms with Gasteiger partial charge in [0.15, 0.2) is 6.29 Å². The SMILES string of the molecule is CC1C(OP(=O)(O)O)OC(CN=[N+]=[N-])C(O)C1O. The van der Waals surface area contributed by atoms with Crippen LogP contribution in [0, 0.1) is 5.92 Å². The number of aliphatic hydroxyl groups is 2. The highest BCUT2D eigenvalue weighted by atomic mass is 31.2. The lowest BCUT2D eigenvalue weighted by atomic mass is 9.92. The van der Waals surface area contributed by atoms with Gasteiger partial charge < -0.3 is 24.7 Å². The van der Waals surface area contributed by atoms with Crippen LogP contribution in [0.2, 0.25) is 0 Å². The summed E-state index contributed by atoms with van der Waals surface area (Å²) in [4.78, 5) is 19.8. The second-order valence-electron chi connectivity index (χ2n) is 3.89. The minimum atomic E-state index is -4.79. The molecule has 1 saturated heterocycles. The van der Waals surface area contributed by atoms with Crippen LogP contribution in [0.15, 0.2) is 5.11 Å². The summed E-state index contributed by atoms with van der Waals surface area (Å²) in [6, 6.07) is 0. The Morgan fingerprint density at radius 2 is 2.06 bits per heavy atom. The molecular weight excluding hydrogens is 269 g/mol. The fraction of sp³-hybridized carbons (Fsp3) is 1.00. The van der Waals surface area contributed by atoms with E-state index in [1.165, 1.54) is 6.92 Å². The van der Waals surface area contributed by atoms with Gasteiger partial charge in [0.05, 0.1) is 18.8 Å². The second-order valence-corrected chi connectivity index (χ2v) is 5.08. The topological polar surface area (TPSA) is 165 Å². The third-order valence-electron chi connectivity index (χ3n) is 2.57. The van der Waals surface area contributed by atoms with Gasteiger partial charge in [0.1, 0.15) is 6.10 Å². The summed E-state index contributed by atoms with van der Waals surface area (Å²) in [5.74, 6) is -0.852. The number of phosphoric ester groups is 1. The molecule has 104 valence electrons. The van der Waals surface area contributed by atoms with E-state index >= 15 is 0 Å². The van der Waals surface area contributed by atoms with Gasteiger partial charge in [-0.1, -0.05) is 12.0 Å². The summed E-state index contributed by atoms with van der Waals surface area (Å²) < 4.78 is 20.1. The van der Waals surface area contributed by atoms with Gasteiger partial charge in [-0.15, -0.1) is 0 Å². The van der Waals surface area contributed by atoms with Crippen LogP contribution in [0.1, 0.15) is 6.92 Å². The summed E-state index contributed by atoms with van der Waals surface area (Å²) in [7, 11) is -4.79. The molecule has 0 aromatic carbocycles. The number of aliphatic hydroxyl groups excluding tert-OH is 2. The Morgan fingerprint density at radius 1 is 1.44 bits per heavy atom. The summed E-state index contributed by atoms with van der Waals surface area (Å²) >= 11 is 0. The molecule has 10 nitrogen and oxygen atoms in total. The van der Waals surface area contributed by atoms with E-state index in [1.807, 2.05) is 0 Å². The van der Waals surface area contributed by atoms with E-state index in [0.29, 0.717) is 0 Å². The van der Waals surface area contributed by atoms with Crippen LogP contribution in [0.3, 0.4) is 0 Å². The zero-order valence-electron chi connectivity index (χ0n) is 9.40. The van der Waals surface area contributed by atoms with Crippen molar-refractivity contribution in [2.75, 3.05) is 6.54 Å². The van der Waals surface area contributed by atoms with Crippen molar-refractivity contribution in [3.63, 3.8) is 0 Å². The number of phosphoric acid groups is 1. The molecule has 0 aromatic heterocycles. The molecule has 5 unspecified atom stereocenters. The van der Waals surface area contributed by atoms with Crippen LogP contribution >= 0.6 is 7.82 Å². The van der Waals surface area contributed by atoms with Crippen molar-refractivity contribution in [2.24, 2.45) is 11.0 Å². The Morgan fingerprint density at radius 3 is 2.56 bits per heavy atom. The number of rotatable bonds is 4. The monoisotopic (exact) mass is 283 g/mol. The first-order valence-corrected chi connectivity index (χ1v) is 6.55. The minimum absolute atomic E-state index is 0.289. The molecule has 4 N–H and O–H groups in total. The minimum Gasteiger partial charge on any atom is -0.390 e. The zero-order valence-corrected chi connectivity index (χ0v) is 10.3. The van der Waals surface area contributed by atoms with Crippen molar-refractivity contribution in [2.45, 2.75) is 31.5 Å². The predicted octanol–water partition coefficient (Wildman–Crippen LogP) is -0.511. The van der Waals surface area contributed by atoms with Crippen molar-refractivity contribution in [3.8, 4) is 0 Å². The van der Waals surface area contributed by atoms with Crippen LogP contribution in [0.25, 0.3) is 10.4 Å². The van der Waals surface area contributed by atoms with E-state index in [4.69, 9.17) is 20.1 Å². The van der Waals surface area contributed by atoms with Crippen molar-refractivity contribution >= 4 is 7.82 Å². The maximum atomic E-state index is 10.7. The van der Waals surface area contributed by atoms with Crippen LogP contribution in [-0.4, -0.2) is 51.1 Å². The molecule has 0 aliphatic carbocycles. The average Bonchev–Trinajstić information content (AvgIpc) is 2.27. The Labute approximate surface area is 102 Å². The molecule has 11 heteroatoms. The van der Waals surface area contributed by atoms with E-state index in [-0.39, 0.29) is 6.54 Å². The molecule has 1 heterocycles. The van der Waals surface area contributed by atoms with E-state index < -0.39 is 38.3 Å². The van der Waals surface area contributed by atoms with Crippen molar-refractivity contribution in [1.29, 1.82) is 0 Å². The number of hydrogen-bond acceptors (Lipinski definition) is 6. The summed E-state index contributed by atoms with van der Waals surface area (Å²) in [6.45, 7) is 1.11. The van der Waals surface area contributed by atoms with E-state index in [9.17, 15) is 14.8 Å². The molecule has 0 saturated carbocycles. The molecule has 0 spiro atoms. The van der Waals surface area contributed by atoms with Gasteiger partial charge in [-0.05, 0) is 5.53 Å². The van der Waals surface area contributed by atoms with Crippen LogP contribution in [0.5, 0.6) is 0 Å². The van der Waals surface area contributed by atoms with Gasteiger partial charge in [-0.2, -0.15) is 0 Å². The van der Waals surface area contributed by atoms with Crippen molar-refractivity contribution in [3.05, 3.63) is 10.4 Å². The maximum absolute atomic E-state index is 10.7. The van der Waals surface area contributed by atoms with Gasteiger partial charge in [-0.3, -0.25) is 4.52 Å². The summed E-state index contributed by atoms with van der Waals surface area (Å²) in [5.41, 5.74) is 8.16. The first-order chi connectivity index (χ1) is 8.26. The lowest BCUT2D eigenvalue weighted by Crippen LogP contribution is -2.54. The number of nitrogens with zero attached hydrogens (tertiary/aromatic N) is 3. The fourth-order valence-electron chi connectivity index (χ4n) is 1.59. The molecule has 18 heavy (non-hydrogen) atoms. The largest absolute Gasteiger partial charge is 0.471 e. The third-order valence-corrected chi connectivity index (χ3v) is 3.06. The molecule has 0 radical (unpaired) electrons. The molecule has 0 aromatic rings. The Kier molecular flexibility index (Phi) is 5.09. The lowest BCUT2D eigenvalue weighted by Gasteiger charge is -2.40. The lowest BCUT2D eigenvalue weighted by molar-refractivity contribution is -0.250. The van der Waals surface area contributed by atoms with Gasteiger partial charge in [0, 0.05) is 10.8 Å². The van der Waals surface area contributed by atoms with Gasteiger partial charge in [0.25, 0.3) is 0 Å². The average molecular weight is 283 g/mol. The van der Waals surface area contributed by atoms with Gasteiger partial charge in [0.2, 0.25) is 0 Å². The fourth-order valence-corrected chi connectivity index (χ4v) is 2.11.